The number of nitrogens with zero attached hydrogens (tertiary/aromatic N) is 3. The van der Waals surface area contributed by atoms with E-state index in [0.717, 1.165) is 29.1 Å². The van der Waals surface area contributed by atoms with Crippen LogP contribution in [0.2, 0.25) is 5.02 Å². The fourth-order valence-corrected chi connectivity index (χ4v) is 4.13. The molecule has 27 heavy (non-hydrogen) atoms. The van der Waals surface area contributed by atoms with E-state index in [-0.39, 0.29) is 23.7 Å². The van der Waals surface area contributed by atoms with Crippen molar-refractivity contribution in [3.8, 4) is 0 Å². The molecule has 1 fully saturated rings. The third kappa shape index (κ3) is 4.47. The summed E-state index contributed by atoms with van der Waals surface area (Å²) in [5.41, 5.74) is 1.77. The summed E-state index contributed by atoms with van der Waals surface area (Å²) in [6.07, 6.45) is 2.17. The molecule has 2 heterocycles. The summed E-state index contributed by atoms with van der Waals surface area (Å²) in [5, 5.41) is 13.0. The summed E-state index contributed by atoms with van der Waals surface area (Å²) in [6, 6.07) is 5.63. The molecular formula is C19H23ClN4O2S. The van der Waals surface area contributed by atoms with E-state index in [9.17, 15) is 9.59 Å². The number of aromatic nitrogens is 2. The maximum Gasteiger partial charge on any atom is 0.229 e. The predicted octanol–water partition coefficient (Wildman–Crippen LogP) is 4.40. The van der Waals surface area contributed by atoms with Gasteiger partial charge in [-0.25, -0.2) is 0 Å². The Hall–Kier alpha value is -1.99. The number of benzene rings is 1. The summed E-state index contributed by atoms with van der Waals surface area (Å²) in [4.78, 5) is 26.3. The Morgan fingerprint density at radius 2 is 2.22 bits per heavy atom. The summed E-state index contributed by atoms with van der Waals surface area (Å²) < 4.78 is 0. The highest BCUT2D eigenvalue weighted by Crippen LogP contribution is 2.35. The summed E-state index contributed by atoms with van der Waals surface area (Å²) in [5.74, 6) is -0.0961. The van der Waals surface area contributed by atoms with Gasteiger partial charge in [0.15, 0.2) is 0 Å². The molecule has 0 spiro atoms. The minimum absolute atomic E-state index is 0.0335. The van der Waals surface area contributed by atoms with Gasteiger partial charge in [0.2, 0.25) is 16.9 Å². The first-order chi connectivity index (χ1) is 12.9. The number of rotatable bonds is 6. The second-order valence-corrected chi connectivity index (χ2v) is 8.38. The van der Waals surface area contributed by atoms with E-state index in [1.54, 1.807) is 4.90 Å². The minimum Gasteiger partial charge on any atom is -0.312 e. The van der Waals surface area contributed by atoms with E-state index >= 15 is 0 Å². The molecule has 144 valence electrons. The lowest BCUT2D eigenvalue weighted by Crippen LogP contribution is -2.24. The molecule has 1 aromatic carbocycles. The Morgan fingerprint density at radius 3 is 2.93 bits per heavy atom. The van der Waals surface area contributed by atoms with Gasteiger partial charge in [-0.3, -0.25) is 9.59 Å². The van der Waals surface area contributed by atoms with Crippen molar-refractivity contribution in [2.75, 3.05) is 16.8 Å². The lowest BCUT2D eigenvalue weighted by atomic mass is 10.1. The Labute approximate surface area is 167 Å². The van der Waals surface area contributed by atoms with Crippen molar-refractivity contribution in [1.82, 2.24) is 10.2 Å². The fraction of sp³-hybridized carbons (Fsp3) is 0.474. The average Bonchev–Trinajstić information content (AvgIpc) is 3.24. The molecule has 1 N–H and O–H groups in total. The van der Waals surface area contributed by atoms with Crippen LogP contribution in [0.1, 0.15) is 49.6 Å². The molecule has 2 unspecified atom stereocenters. The zero-order valence-corrected chi connectivity index (χ0v) is 17.2. The third-order valence-corrected chi connectivity index (χ3v) is 6.19. The van der Waals surface area contributed by atoms with Gasteiger partial charge >= 0.3 is 0 Å². The Bertz CT molecular complexity index is 854. The molecule has 1 aliphatic heterocycles. The predicted molar refractivity (Wildman–Crippen MR) is 109 cm³/mol. The molecule has 6 nitrogen and oxygen atoms in total. The Balaban J connectivity index is 1.68. The molecule has 0 aliphatic carbocycles. The number of halogens is 1. The van der Waals surface area contributed by atoms with Crippen molar-refractivity contribution in [1.29, 1.82) is 0 Å². The Kier molecular flexibility index (Phi) is 6.11. The zero-order chi connectivity index (χ0) is 19.6. The van der Waals surface area contributed by atoms with Gasteiger partial charge in [0.1, 0.15) is 5.01 Å². The molecule has 0 bridgehead atoms. The first-order valence-corrected chi connectivity index (χ1v) is 10.3. The van der Waals surface area contributed by atoms with E-state index in [0.29, 0.717) is 23.1 Å². The highest BCUT2D eigenvalue weighted by atomic mass is 35.5. The van der Waals surface area contributed by atoms with E-state index in [1.807, 2.05) is 32.0 Å². The van der Waals surface area contributed by atoms with Gasteiger partial charge in [-0.05, 0) is 31.0 Å². The van der Waals surface area contributed by atoms with Crippen molar-refractivity contribution in [3.05, 3.63) is 33.8 Å². The fourth-order valence-electron chi connectivity index (χ4n) is 3.11. The molecule has 8 heteroatoms. The molecule has 2 aromatic rings. The standard InChI is InChI=1S/C19H23ClN4O2S/c1-4-5-12(3)17(26)21-19-23-22-18(27-19)13-8-16(25)24(10-13)14-7-6-11(2)15(20)9-14/h6-7,9,12-13H,4-5,8,10H2,1-3H3,(H,21,23,26). The second-order valence-electron chi connectivity index (χ2n) is 6.96. The zero-order valence-electron chi connectivity index (χ0n) is 15.7. The first-order valence-electron chi connectivity index (χ1n) is 9.09. The van der Waals surface area contributed by atoms with Gasteiger partial charge in [0.05, 0.1) is 0 Å². The lowest BCUT2D eigenvalue weighted by Gasteiger charge is -2.17. The van der Waals surface area contributed by atoms with E-state index in [1.165, 1.54) is 11.3 Å². The van der Waals surface area contributed by atoms with E-state index in [2.05, 4.69) is 22.4 Å². The molecule has 1 saturated heterocycles. The van der Waals surface area contributed by atoms with Crippen LogP contribution >= 0.6 is 22.9 Å². The number of aryl methyl sites for hydroxylation is 1. The van der Waals surface area contributed by atoms with E-state index in [4.69, 9.17) is 11.6 Å². The second kappa shape index (κ2) is 8.35. The molecule has 1 aliphatic rings. The number of hydrogen-bond donors (Lipinski definition) is 1. The largest absolute Gasteiger partial charge is 0.312 e. The molecule has 2 atom stereocenters. The molecular weight excluding hydrogens is 384 g/mol. The minimum atomic E-state index is -0.0582. The normalized spacial score (nSPS) is 18.0. The van der Waals surface area contributed by atoms with Gasteiger partial charge < -0.3 is 10.2 Å². The molecule has 1 aromatic heterocycles. The average molecular weight is 407 g/mol. The Morgan fingerprint density at radius 1 is 1.44 bits per heavy atom. The van der Waals surface area contributed by atoms with E-state index < -0.39 is 0 Å². The van der Waals surface area contributed by atoms with Crippen LogP contribution in [0.5, 0.6) is 0 Å². The van der Waals surface area contributed by atoms with Crippen LogP contribution in [-0.2, 0) is 9.59 Å². The quantitative estimate of drug-likeness (QED) is 0.771. The molecule has 3 rings (SSSR count). The summed E-state index contributed by atoms with van der Waals surface area (Å²) in [6.45, 7) is 6.42. The van der Waals surface area contributed by atoms with Crippen molar-refractivity contribution in [3.63, 3.8) is 0 Å². The number of anilines is 2. The SMILES string of the molecule is CCCC(C)C(=O)Nc1nnc(C2CC(=O)N(c3ccc(C)c(Cl)c3)C2)s1. The third-order valence-electron chi connectivity index (χ3n) is 4.78. The van der Waals surface area contributed by atoms with Gasteiger partial charge in [0.25, 0.3) is 0 Å². The summed E-state index contributed by atoms with van der Waals surface area (Å²) >= 11 is 7.53. The number of amides is 2. The topological polar surface area (TPSA) is 75.2 Å². The number of hydrogen-bond acceptors (Lipinski definition) is 5. The molecule has 0 radical (unpaired) electrons. The first kappa shape index (κ1) is 19.8. The van der Waals surface area contributed by atoms with Crippen molar-refractivity contribution >= 4 is 45.6 Å². The van der Waals surface area contributed by atoms with Gasteiger partial charge in [-0.15, -0.1) is 10.2 Å². The van der Waals surface area contributed by atoms with Crippen LogP contribution in [0, 0.1) is 12.8 Å². The molecule has 2 amide bonds. The highest BCUT2D eigenvalue weighted by Gasteiger charge is 2.34. The number of nitrogens with one attached hydrogen (secondary N) is 1. The maximum absolute atomic E-state index is 12.5. The molecule has 0 saturated carbocycles. The van der Waals surface area contributed by atoms with Gasteiger partial charge in [-0.1, -0.05) is 49.3 Å². The number of carbonyl (C=O) groups excluding carboxylic acids is 2. The van der Waals surface area contributed by atoms with Crippen LogP contribution in [0.25, 0.3) is 0 Å². The van der Waals surface area contributed by atoms with Crippen LogP contribution in [-0.4, -0.2) is 28.6 Å². The van der Waals surface area contributed by atoms with Crippen molar-refractivity contribution in [2.45, 2.75) is 46.0 Å². The number of carbonyl (C=O) groups is 2. The smallest absolute Gasteiger partial charge is 0.229 e. The van der Waals surface area contributed by atoms with Crippen LogP contribution in [0.4, 0.5) is 10.8 Å². The highest BCUT2D eigenvalue weighted by molar-refractivity contribution is 7.15. The van der Waals surface area contributed by atoms with Crippen LogP contribution in [0.3, 0.4) is 0 Å². The van der Waals surface area contributed by atoms with Gasteiger partial charge in [0, 0.05) is 35.5 Å². The van der Waals surface area contributed by atoms with Crippen molar-refractivity contribution in [2.24, 2.45) is 5.92 Å². The monoisotopic (exact) mass is 406 g/mol. The van der Waals surface area contributed by atoms with Crippen molar-refractivity contribution < 1.29 is 9.59 Å². The van der Waals surface area contributed by atoms with Crippen LogP contribution in [0.15, 0.2) is 18.2 Å². The van der Waals surface area contributed by atoms with Crippen LogP contribution < -0.4 is 10.2 Å². The summed E-state index contributed by atoms with van der Waals surface area (Å²) in [7, 11) is 0. The maximum atomic E-state index is 12.5. The van der Waals surface area contributed by atoms with Gasteiger partial charge in [-0.2, -0.15) is 0 Å². The lowest BCUT2D eigenvalue weighted by molar-refractivity contribution is -0.119.